The summed E-state index contributed by atoms with van der Waals surface area (Å²) in [4.78, 5) is 16.4. The summed E-state index contributed by atoms with van der Waals surface area (Å²) < 4.78 is 0. The Hall–Kier alpha value is -0.670. The molecule has 1 aliphatic heterocycles. The molecular formula is C18H27NOS. The molecule has 1 aliphatic carbocycles. The van der Waals surface area contributed by atoms with Gasteiger partial charge in [0.15, 0.2) is 0 Å². The molecule has 1 fully saturated rings. The molecule has 0 N–H and O–H groups in total. The van der Waals surface area contributed by atoms with Gasteiger partial charge in [-0.3, -0.25) is 9.69 Å². The van der Waals surface area contributed by atoms with E-state index >= 15 is 0 Å². The third-order valence-corrected chi connectivity index (χ3v) is 6.38. The van der Waals surface area contributed by atoms with Crippen LogP contribution in [0.1, 0.15) is 50.5 Å². The van der Waals surface area contributed by atoms with E-state index in [0.29, 0.717) is 17.1 Å². The van der Waals surface area contributed by atoms with Crippen molar-refractivity contribution >= 4 is 17.1 Å². The van der Waals surface area contributed by atoms with E-state index in [-0.39, 0.29) is 5.92 Å². The number of carbonyl (C=O) groups is 1. The van der Waals surface area contributed by atoms with Crippen LogP contribution in [0.25, 0.3) is 0 Å². The van der Waals surface area contributed by atoms with E-state index in [1.165, 1.54) is 5.56 Å². The topological polar surface area (TPSA) is 20.3 Å². The highest BCUT2D eigenvalue weighted by Gasteiger charge is 2.35. The zero-order valence-electron chi connectivity index (χ0n) is 13.5. The largest absolute Gasteiger partial charge is 0.299 e. The maximum Gasteiger partial charge on any atom is 0.137 e. The molecule has 0 bridgehead atoms. The van der Waals surface area contributed by atoms with Crippen LogP contribution in [-0.2, 0) is 17.8 Å². The average Bonchev–Trinajstić information content (AvgIpc) is 2.87. The average molecular weight is 305 g/mol. The number of hydrogen-bond acceptors (Lipinski definition) is 3. The number of fused-ring (bicyclic) bond motifs is 1. The number of carbonyl (C=O) groups excluding carboxylic acids is 1. The molecular weight excluding hydrogens is 278 g/mol. The van der Waals surface area contributed by atoms with Crippen LogP contribution in [0, 0.1) is 17.3 Å². The first-order valence-corrected chi connectivity index (χ1v) is 9.12. The summed E-state index contributed by atoms with van der Waals surface area (Å²) in [5.74, 6) is 1.47. The van der Waals surface area contributed by atoms with Crippen molar-refractivity contribution in [3.63, 3.8) is 0 Å². The lowest BCUT2D eigenvalue weighted by molar-refractivity contribution is -0.127. The Morgan fingerprint density at radius 2 is 2.14 bits per heavy atom. The maximum atomic E-state index is 12.3. The van der Waals surface area contributed by atoms with E-state index in [1.54, 1.807) is 4.88 Å². The summed E-state index contributed by atoms with van der Waals surface area (Å²) in [6.07, 6.45) is 4.14. The molecule has 3 heteroatoms. The third kappa shape index (κ3) is 3.40. The van der Waals surface area contributed by atoms with Crippen LogP contribution in [0.2, 0.25) is 0 Å². The zero-order chi connectivity index (χ0) is 15.0. The van der Waals surface area contributed by atoms with Crippen LogP contribution in [-0.4, -0.2) is 23.8 Å². The standard InChI is InChI=1S/C18H27NOS/c1-18(2,3)15-4-5-16(20)14(10-15)12-19-8-6-17-13(11-19)7-9-21-17/h7,9,14-15H,4-6,8,10-12H2,1-3H3. The summed E-state index contributed by atoms with van der Waals surface area (Å²) >= 11 is 1.88. The molecule has 116 valence electrons. The van der Waals surface area contributed by atoms with Gasteiger partial charge in [0.25, 0.3) is 0 Å². The predicted octanol–water partition coefficient (Wildman–Crippen LogP) is 4.14. The van der Waals surface area contributed by atoms with Gasteiger partial charge in [0.1, 0.15) is 5.78 Å². The van der Waals surface area contributed by atoms with Gasteiger partial charge in [0.2, 0.25) is 0 Å². The molecule has 2 nitrogen and oxygen atoms in total. The number of thiophene rings is 1. The van der Waals surface area contributed by atoms with Gasteiger partial charge in [-0.15, -0.1) is 11.3 Å². The van der Waals surface area contributed by atoms with Gasteiger partial charge in [0.05, 0.1) is 0 Å². The zero-order valence-corrected chi connectivity index (χ0v) is 14.3. The van der Waals surface area contributed by atoms with Crippen LogP contribution in [0.5, 0.6) is 0 Å². The van der Waals surface area contributed by atoms with Gasteiger partial charge in [-0.1, -0.05) is 20.8 Å². The first-order chi connectivity index (χ1) is 9.93. The van der Waals surface area contributed by atoms with Crippen LogP contribution >= 0.6 is 11.3 Å². The molecule has 0 saturated heterocycles. The Morgan fingerprint density at radius 3 is 2.90 bits per heavy atom. The summed E-state index contributed by atoms with van der Waals surface area (Å²) in [5, 5.41) is 2.20. The highest BCUT2D eigenvalue weighted by Crippen LogP contribution is 2.39. The fourth-order valence-corrected chi connectivity index (χ4v) is 4.74. The monoisotopic (exact) mass is 305 g/mol. The minimum atomic E-state index is 0.267. The van der Waals surface area contributed by atoms with Crippen LogP contribution in [0.15, 0.2) is 11.4 Å². The molecule has 0 spiro atoms. The van der Waals surface area contributed by atoms with Crippen LogP contribution < -0.4 is 0 Å². The quantitative estimate of drug-likeness (QED) is 0.818. The maximum absolute atomic E-state index is 12.3. The molecule has 0 aromatic carbocycles. The summed E-state index contributed by atoms with van der Waals surface area (Å²) in [7, 11) is 0. The van der Waals surface area contributed by atoms with Gasteiger partial charge in [-0.25, -0.2) is 0 Å². The second-order valence-corrected chi connectivity index (χ2v) is 8.86. The molecule has 2 atom stereocenters. The SMILES string of the molecule is CC(C)(C)C1CCC(=O)C(CN2CCc3sccc3C2)C1. The number of hydrogen-bond donors (Lipinski definition) is 0. The van der Waals surface area contributed by atoms with Crippen LogP contribution in [0.3, 0.4) is 0 Å². The van der Waals surface area contributed by atoms with Crippen molar-refractivity contribution in [2.75, 3.05) is 13.1 Å². The molecule has 1 aromatic rings. The second-order valence-electron chi connectivity index (χ2n) is 7.85. The molecule has 0 radical (unpaired) electrons. The van der Waals surface area contributed by atoms with E-state index in [9.17, 15) is 4.79 Å². The van der Waals surface area contributed by atoms with E-state index in [2.05, 4.69) is 37.1 Å². The van der Waals surface area contributed by atoms with Crippen molar-refractivity contribution in [2.45, 2.75) is 53.0 Å². The lowest BCUT2D eigenvalue weighted by Gasteiger charge is -2.39. The molecule has 3 rings (SSSR count). The van der Waals surface area contributed by atoms with Gasteiger partial charge < -0.3 is 0 Å². The molecule has 0 amide bonds. The molecule has 2 aliphatic rings. The highest BCUT2D eigenvalue weighted by atomic mass is 32.1. The van der Waals surface area contributed by atoms with Crippen molar-refractivity contribution in [3.05, 3.63) is 21.9 Å². The minimum Gasteiger partial charge on any atom is -0.299 e. The summed E-state index contributed by atoms with van der Waals surface area (Å²) in [6, 6.07) is 2.26. The van der Waals surface area contributed by atoms with Crippen molar-refractivity contribution in [2.24, 2.45) is 17.3 Å². The normalized spacial score (nSPS) is 27.7. The predicted molar refractivity (Wildman–Crippen MR) is 88.6 cm³/mol. The lowest BCUT2D eigenvalue weighted by atomic mass is 9.68. The number of nitrogens with zero attached hydrogens (tertiary/aromatic N) is 1. The number of rotatable bonds is 2. The Morgan fingerprint density at radius 1 is 1.33 bits per heavy atom. The fraction of sp³-hybridized carbons (Fsp3) is 0.722. The Balaban J connectivity index is 1.63. The van der Waals surface area contributed by atoms with Crippen molar-refractivity contribution in [3.8, 4) is 0 Å². The first kappa shape index (κ1) is 15.2. The number of ketones is 1. The fourth-order valence-electron chi connectivity index (χ4n) is 3.85. The van der Waals surface area contributed by atoms with Crippen LogP contribution in [0.4, 0.5) is 0 Å². The lowest BCUT2D eigenvalue weighted by Crippen LogP contribution is -2.40. The van der Waals surface area contributed by atoms with Gasteiger partial charge in [0, 0.05) is 36.9 Å². The Kier molecular flexibility index (Phi) is 4.24. The van der Waals surface area contributed by atoms with Crippen molar-refractivity contribution < 1.29 is 4.79 Å². The number of Topliss-reactive ketones (excluding diaryl/α,β-unsaturated/α-hetero) is 1. The van der Waals surface area contributed by atoms with E-state index in [1.807, 2.05) is 11.3 Å². The molecule has 1 aromatic heterocycles. The minimum absolute atomic E-state index is 0.267. The third-order valence-electron chi connectivity index (χ3n) is 5.35. The molecule has 21 heavy (non-hydrogen) atoms. The summed E-state index contributed by atoms with van der Waals surface area (Å²) in [5.41, 5.74) is 1.82. The van der Waals surface area contributed by atoms with Gasteiger partial charge >= 0.3 is 0 Å². The van der Waals surface area contributed by atoms with E-state index in [4.69, 9.17) is 0 Å². The van der Waals surface area contributed by atoms with Gasteiger partial charge in [-0.05, 0) is 47.6 Å². The smallest absolute Gasteiger partial charge is 0.137 e. The Bertz CT molecular complexity index is 514. The first-order valence-electron chi connectivity index (χ1n) is 8.24. The highest BCUT2D eigenvalue weighted by molar-refractivity contribution is 7.10. The van der Waals surface area contributed by atoms with E-state index in [0.717, 1.165) is 45.3 Å². The van der Waals surface area contributed by atoms with Crippen molar-refractivity contribution in [1.82, 2.24) is 4.90 Å². The second kappa shape index (κ2) is 5.85. The molecule has 2 heterocycles. The summed E-state index contributed by atoms with van der Waals surface area (Å²) in [6.45, 7) is 10.1. The Labute approximate surface area is 132 Å². The van der Waals surface area contributed by atoms with E-state index < -0.39 is 0 Å². The molecule has 2 unspecified atom stereocenters. The molecule has 1 saturated carbocycles. The van der Waals surface area contributed by atoms with Gasteiger partial charge in [-0.2, -0.15) is 0 Å². The van der Waals surface area contributed by atoms with Crippen molar-refractivity contribution in [1.29, 1.82) is 0 Å².